The molecule has 0 saturated carbocycles. The van der Waals surface area contributed by atoms with E-state index in [1.807, 2.05) is 6.08 Å². The van der Waals surface area contributed by atoms with E-state index in [-0.39, 0.29) is 0 Å². The maximum absolute atomic E-state index is 10.4. The van der Waals surface area contributed by atoms with E-state index >= 15 is 0 Å². The van der Waals surface area contributed by atoms with Gasteiger partial charge in [-0.05, 0) is 17.7 Å². The van der Waals surface area contributed by atoms with E-state index in [0.29, 0.717) is 10.7 Å². The molecule has 0 amide bonds. The molecule has 64 valence electrons. The summed E-state index contributed by atoms with van der Waals surface area (Å²) in [5.41, 5.74) is 0. The van der Waals surface area contributed by atoms with Crippen LogP contribution in [0.2, 0.25) is 0 Å². The van der Waals surface area contributed by atoms with Crippen molar-refractivity contribution in [1.29, 1.82) is 0 Å². The highest BCUT2D eigenvalue weighted by Crippen LogP contribution is 2.12. The van der Waals surface area contributed by atoms with Gasteiger partial charge in [0.05, 0.1) is 4.24 Å². The Morgan fingerprint density at radius 2 is 2.27 bits per heavy atom. The average Bonchev–Trinajstić information content (AvgIpc) is 1.97. The van der Waals surface area contributed by atoms with Crippen LogP contribution in [0.4, 0.5) is 0 Å². The molecular weight excluding hydrogens is 248 g/mol. The summed E-state index contributed by atoms with van der Waals surface area (Å²) in [7, 11) is -2.41. The largest absolute Gasteiger partial charge is 0.226 e. The minimum atomic E-state index is -2.41. The third kappa shape index (κ3) is 5.52. The summed E-state index contributed by atoms with van der Waals surface area (Å²) in [6, 6.07) is 0. The van der Waals surface area contributed by atoms with Crippen LogP contribution in [-0.4, -0.2) is 14.7 Å². The number of thiol groups is 1. The highest BCUT2D eigenvalue weighted by Gasteiger charge is 1.93. The molecule has 0 N–H and O–H groups in total. The van der Waals surface area contributed by atoms with Crippen molar-refractivity contribution in [3.63, 3.8) is 0 Å². The third-order valence-corrected chi connectivity index (χ3v) is 3.40. The van der Waals surface area contributed by atoms with Crippen LogP contribution in [0.1, 0.15) is 6.42 Å². The topological polar surface area (TPSA) is 34.1 Å². The maximum atomic E-state index is 10.4. The van der Waals surface area contributed by atoms with Crippen molar-refractivity contribution in [2.75, 3.05) is 6.26 Å². The van der Waals surface area contributed by atoms with Gasteiger partial charge in [-0.15, -0.1) is 11.8 Å². The molecular formula is C6H9BrO2S2. The molecule has 0 fully saturated rings. The minimum absolute atomic E-state index is 0.422. The standard InChI is InChI=1S/C6H9BrO2S2/c1-10-6(11(8)9)4-2-3-5-7/h3-5,11H,2H2,1H3/b5-3+,6-4+. The molecule has 0 aliphatic heterocycles. The predicted molar refractivity (Wildman–Crippen MR) is 54.6 cm³/mol. The van der Waals surface area contributed by atoms with Crippen LogP contribution < -0.4 is 0 Å². The van der Waals surface area contributed by atoms with Crippen LogP contribution in [0, 0.1) is 0 Å². The monoisotopic (exact) mass is 256 g/mol. The number of hydrogen-bond acceptors (Lipinski definition) is 3. The average molecular weight is 257 g/mol. The first-order valence-electron chi connectivity index (χ1n) is 2.86. The van der Waals surface area contributed by atoms with Crippen LogP contribution in [0.5, 0.6) is 0 Å². The molecule has 0 unspecified atom stereocenters. The summed E-state index contributed by atoms with van der Waals surface area (Å²) in [5, 5.41) is 0. The molecule has 0 saturated heterocycles. The molecule has 0 bridgehead atoms. The molecule has 0 aromatic carbocycles. The number of halogens is 1. The summed E-state index contributed by atoms with van der Waals surface area (Å²) >= 11 is 4.34. The van der Waals surface area contributed by atoms with Crippen molar-refractivity contribution >= 4 is 38.4 Å². The second kappa shape index (κ2) is 6.94. The fourth-order valence-electron chi connectivity index (χ4n) is 0.453. The van der Waals surface area contributed by atoms with E-state index in [1.165, 1.54) is 11.8 Å². The molecule has 0 rings (SSSR count). The fourth-order valence-corrected chi connectivity index (χ4v) is 1.78. The Labute approximate surface area is 80.8 Å². The van der Waals surface area contributed by atoms with Crippen molar-refractivity contribution < 1.29 is 8.42 Å². The van der Waals surface area contributed by atoms with Crippen molar-refractivity contribution in [1.82, 2.24) is 0 Å². The Kier molecular flexibility index (Phi) is 7.10. The van der Waals surface area contributed by atoms with E-state index in [9.17, 15) is 8.42 Å². The Morgan fingerprint density at radius 1 is 1.64 bits per heavy atom. The molecule has 11 heavy (non-hydrogen) atoms. The first kappa shape index (κ1) is 11.3. The van der Waals surface area contributed by atoms with E-state index < -0.39 is 10.7 Å². The van der Waals surface area contributed by atoms with Gasteiger partial charge >= 0.3 is 0 Å². The van der Waals surface area contributed by atoms with Crippen LogP contribution >= 0.6 is 27.7 Å². The van der Waals surface area contributed by atoms with E-state index in [1.54, 1.807) is 17.3 Å². The van der Waals surface area contributed by atoms with Gasteiger partial charge in [-0.25, -0.2) is 8.42 Å². The van der Waals surface area contributed by atoms with E-state index in [0.717, 1.165) is 0 Å². The maximum Gasteiger partial charge on any atom is 0.173 e. The number of hydrogen-bond donors (Lipinski definition) is 1. The number of rotatable bonds is 4. The Hall–Kier alpha value is 0.260. The summed E-state index contributed by atoms with van der Waals surface area (Å²) in [5.74, 6) is 0. The zero-order valence-electron chi connectivity index (χ0n) is 5.99. The first-order chi connectivity index (χ1) is 5.22. The van der Waals surface area contributed by atoms with Crippen molar-refractivity contribution in [3.05, 3.63) is 21.4 Å². The Balaban J connectivity index is 4.13. The van der Waals surface area contributed by atoms with Gasteiger partial charge in [0.2, 0.25) is 0 Å². The van der Waals surface area contributed by atoms with Crippen molar-refractivity contribution in [3.8, 4) is 0 Å². The first-order valence-corrected chi connectivity index (χ1v) is 6.18. The molecule has 0 aromatic rings. The summed E-state index contributed by atoms with van der Waals surface area (Å²) in [4.78, 5) is 1.71. The molecule has 0 aliphatic rings. The lowest BCUT2D eigenvalue weighted by atomic mass is 10.4. The Bertz CT molecular complexity index is 223. The second-order valence-corrected chi connectivity index (χ2v) is 4.28. The normalized spacial score (nSPS) is 13.2. The second-order valence-electron chi connectivity index (χ2n) is 1.60. The highest BCUT2D eigenvalue weighted by molar-refractivity contribution is 9.11. The van der Waals surface area contributed by atoms with Gasteiger partial charge in [0.25, 0.3) is 0 Å². The zero-order chi connectivity index (χ0) is 8.69. The number of thioether (sulfide) groups is 1. The molecule has 0 aromatic heterocycles. The lowest BCUT2D eigenvalue weighted by molar-refractivity contribution is 0.621. The van der Waals surface area contributed by atoms with Crippen LogP contribution in [0.25, 0.3) is 0 Å². The smallest absolute Gasteiger partial charge is 0.173 e. The lowest BCUT2D eigenvalue weighted by Crippen LogP contribution is -1.77. The summed E-state index contributed by atoms with van der Waals surface area (Å²) in [6.45, 7) is 0. The SMILES string of the molecule is CS/C(=C\C/C=C/Br)[SH](=O)=O. The molecule has 0 radical (unpaired) electrons. The van der Waals surface area contributed by atoms with Gasteiger partial charge in [0, 0.05) is 0 Å². The van der Waals surface area contributed by atoms with Gasteiger partial charge < -0.3 is 0 Å². The predicted octanol–water partition coefficient (Wildman–Crippen LogP) is 2.10. The molecule has 5 heteroatoms. The molecule has 0 heterocycles. The Morgan fingerprint density at radius 3 is 2.64 bits per heavy atom. The van der Waals surface area contributed by atoms with Gasteiger partial charge in [-0.2, -0.15) is 0 Å². The van der Waals surface area contributed by atoms with Gasteiger partial charge in [-0.3, -0.25) is 0 Å². The minimum Gasteiger partial charge on any atom is -0.226 e. The summed E-state index contributed by atoms with van der Waals surface area (Å²) < 4.78 is 21.3. The van der Waals surface area contributed by atoms with Gasteiger partial charge in [0.15, 0.2) is 10.7 Å². The van der Waals surface area contributed by atoms with Crippen LogP contribution in [-0.2, 0) is 10.7 Å². The highest BCUT2D eigenvalue weighted by atomic mass is 79.9. The molecule has 0 aliphatic carbocycles. The van der Waals surface area contributed by atoms with Crippen molar-refractivity contribution in [2.45, 2.75) is 6.42 Å². The zero-order valence-corrected chi connectivity index (χ0v) is 9.29. The quantitative estimate of drug-likeness (QED) is 0.783. The molecule has 0 spiro atoms. The van der Waals surface area contributed by atoms with Gasteiger partial charge in [0.1, 0.15) is 0 Å². The van der Waals surface area contributed by atoms with Gasteiger partial charge in [-0.1, -0.05) is 28.1 Å². The fraction of sp³-hybridized carbons (Fsp3) is 0.333. The van der Waals surface area contributed by atoms with Crippen LogP contribution in [0.15, 0.2) is 21.4 Å². The number of allylic oxidation sites excluding steroid dienone is 2. The van der Waals surface area contributed by atoms with E-state index in [2.05, 4.69) is 15.9 Å². The van der Waals surface area contributed by atoms with Crippen LogP contribution in [0.3, 0.4) is 0 Å². The van der Waals surface area contributed by atoms with Crippen molar-refractivity contribution in [2.24, 2.45) is 0 Å². The third-order valence-electron chi connectivity index (χ3n) is 0.907. The summed E-state index contributed by atoms with van der Waals surface area (Å²) in [6.07, 6.45) is 5.89. The molecule has 2 nitrogen and oxygen atoms in total. The molecule has 0 atom stereocenters. The van der Waals surface area contributed by atoms with E-state index in [4.69, 9.17) is 0 Å². The lowest BCUT2D eigenvalue weighted by Gasteiger charge is -1.89.